The van der Waals surface area contributed by atoms with E-state index < -0.39 is 0 Å². The van der Waals surface area contributed by atoms with Gasteiger partial charge >= 0.3 is 0 Å². The second-order valence-corrected chi connectivity index (χ2v) is 4.12. The Morgan fingerprint density at radius 2 is 2.23 bits per heavy atom. The monoisotopic (exact) mass is 196 g/mol. The van der Waals surface area contributed by atoms with Crippen LogP contribution < -0.4 is 5.56 Å². The smallest absolute Gasteiger partial charge is 0.255 e. The molecule has 2 rings (SSSR count). The SMILES string of the molecule is CC1CCc2c([nH]c(=S)[nH]c2=O)C1. The van der Waals surface area contributed by atoms with Crippen LogP contribution in [-0.4, -0.2) is 9.97 Å². The van der Waals surface area contributed by atoms with Gasteiger partial charge in [0, 0.05) is 11.3 Å². The van der Waals surface area contributed by atoms with Crippen LogP contribution in [0.3, 0.4) is 0 Å². The molecule has 3 nitrogen and oxygen atoms in total. The molecule has 0 radical (unpaired) electrons. The van der Waals surface area contributed by atoms with Crippen LogP contribution in [0, 0.1) is 10.7 Å². The maximum Gasteiger partial charge on any atom is 0.255 e. The highest BCUT2D eigenvalue weighted by atomic mass is 32.1. The summed E-state index contributed by atoms with van der Waals surface area (Å²) in [5.74, 6) is 0.653. The van der Waals surface area contributed by atoms with E-state index in [1.165, 1.54) is 0 Å². The summed E-state index contributed by atoms with van der Waals surface area (Å²) in [5.41, 5.74) is 1.92. The van der Waals surface area contributed by atoms with E-state index >= 15 is 0 Å². The maximum absolute atomic E-state index is 11.4. The molecular weight excluding hydrogens is 184 g/mol. The largest absolute Gasteiger partial charge is 0.336 e. The van der Waals surface area contributed by atoms with Crippen molar-refractivity contribution >= 4 is 12.2 Å². The van der Waals surface area contributed by atoms with Gasteiger partial charge in [0.25, 0.3) is 5.56 Å². The Morgan fingerprint density at radius 3 is 3.00 bits per heavy atom. The van der Waals surface area contributed by atoms with Gasteiger partial charge in [-0.1, -0.05) is 6.92 Å². The van der Waals surface area contributed by atoms with Crippen molar-refractivity contribution in [1.82, 2.24) is 9.97 Å². The lowest BCUT2D eigenvalue weighted by atomic mass is 9.89. The summed E-state index contributed by atoms with van der Waals surface area (Å²) in [6.45, 7) is 2.20. The molecule has 1 aromatic heterocycles. The average Bonchev–Trinajstić information content (AvgIpc) is 2.02. The second kappa shape index (κ2) is 3.10. The van der Waals surface area contributed by atoms with Gasteiger partial charge < -0.3 is 4.98 Å². The highest BCUT2D eigenvalue weighted by Crippen LogP contribution is 2.20. The van der Waals surface area contributed by atoms with Gasteiger partial charge in [-0.25, -0.2) is 0 Å². The van der Waals surface area contributed by atoms with Gasteiger partial charge in [-0.15, -0.1) is 0 Å². The molecule has 1 aliphatic rings. The van der Waals surface area contributed by atoms with Crippen LogP contribution in [0.2, 0.25) is 0 Å². The number of rotatable bonds is 0. The zero-order valence-corrected chi connectivity index (χ0v) is 8.33. The number of aromatic amines is 2. The predicted molar refractivity (Wildman–Crippen MR) is 53.4 cm³/mol. The topological polar surface area (TPSA) is 48.6 Å². The second-order valence-electron chi connectivity index (χ2n) is 3.71. The zero-order valence-electron chi connectivity index (χ0n) is 7.52. The Hall–Kier alpha value is -0.900. The summed E-state index contributed by atoms with van der Waals surface area (Å²) >= 11 is 4.91. The van der Waals surface area contributed by atoms with E-state index in [0.717, 1.165) is 30.5 Å². The van der Waals surface area contributed by atoms with Crippen molar-refractivity contribution in [2.45, 2.75) is 26.2 Å². The first-order valence-corrected chi connectivity index (χ1v) is 4.92. The molecule has 0 saturated carbocycles. The van der Waals surface area contributed by atoms with E-state index in [9.17, 15) is 4.79 Å². The molecule has 70 valence electrons. The molecule has 0 aromatic carbocycles. The van der Waals surface area contributed by atoms with Gasteiger partial charge in [0.2, 0.25) is 0 Å². The summed E-state index contributed by atoms with van der Waals surface area (Å²) in [7, 11) is 0. The van der Waals surface area contributed by atoms with Crippen molar-refractivity contribution < 1.29 is 0 Å². The minimum atomic E-state index is -0.00866. The summed E-state index contributed by atoms with van der Waals surface area (Å²) in [6, 6.07) is 0. The molecular formula is C9H12N2OS. The lowest BCUT2D eigenvalue weighted by molar-refractivity contribution is 0.487. The van der Waals surface area contributed by atoms with Crippen LogP contribution in [0.5, 0.6) is 0 Å². The quantitative estimate of drug-likeness (QED) is 0.619. The molecule has 0 spiro atoms. The minimum absolute atomic E-state index is 0.00866. The number of fused-ring (bicyclic) bond motifs is 1. The number of hydrogen-bond acceptors (Lipinski definition) is 2. The third kappa shape index (κ3) is 1.58. The summed E-state index contributed by atoms with van der Waals surface area (Å²) in [5, 5.41) is 0. The lowest BCUT2D eigenvalue weighted by Crippen LogP contribution is -2.23. The fourth-order valence-electron chi connectivity index (χ4n) is 1.84. The molecule has 1 heterocycles. The molecule has 0 aliphatic heterocycles. The Balaban J connectivity index is 2.60. The highest BCUT2D eigenvalue weighted by molar-refractivity contribution is 7.71. The molecule has 0 bridgehead atoms. The molecule has 1 atom stereocenters. The first-order valence-electron chi connectivity index (χ1n) is 4.51. The summed E-state index contributed by atoms with van der Waals surface area (Å²) < 4.78 is 0.442. The van der Waals surface area contributed by atoms with Gasteiger partial charge in [0.05, 0.1) is 0 Å². The highest BCUT2D eigenvalue weighted by Gasteiger charge is 2.17. The van der Waals surface area contributed by atoms with Crippen LogP contribution in [0.25, 0.3) is 0 Å². The summed E-state index contributed by atoms with van der Waals surface area (Å²) in [4.78, 5) is 17.1. The Labute approximate surface area is 81.2 Å². The Morgan fingerprint density at radius 1 is 1.46 bits per heavy atom. The van der Waals surface area contributed by atoms with Crippen molar-refractivity contribution in [2.24, 2.45) is 5.92 Å². The van der Waals surface area contributed by atoms with E-state index in [2.05, 4.69) is 16.9 Å². The van der Waals surface area contributed by atoms with Gasteiger partial charge in [-0.2, -0.15) is 0 Å². The van der Waals surface area contributed by atoms with Crippen molar-refractivity contribution in [1.29, 1.82) is 0 Å². The third-order valence-corrected chi connectivity index (χ3v) is 2.77. The minimum Gasteiger partial charge on any atom is -0.336 e. The molecule has 13 heavy (non-hydrogen) atoms. The van der Waals surface area contributed by atoms with Crippen LogP contribution >= 0.6 is 12.2 Å². The molecule has 1 aliphatic carbocycles. The fraction of sp³-hybridized carbons (Fsp3) is 0.556. The molecule has 0 saturated heterocycles. The van der Waals surface area contributed by atoms with E-state index in [1.54, 1.807) is 0 Å². The van der Waals surface area contributed by atoms with Crippen molar-refractivity contribution in [3.05, 3.63) is 26.4 Å². The molecule has 1 aromatic rings. The standard InChI is InChI=1S/C9H12N2OS/c1-5-2-3-6-7(4-5)10-9(13)11-8(6)12/h5H,2-4H2,1H3,(H2,10,11,12,13). The maximum atomic E-state index is 11.4. The fourth-order valence-corrected chi connectivity index (χ4v) is 2.06. The predicted octanol–water partition coefficient (Wildman–Crippen LogP) is 1.56. The molecule has 2 N–H and O–H groups in total. The first kappa shape index (κ1) is 8.69. The van der Waals surface area contributed by atoms with Crippen LogP contribution in [0.1, 0.15) is 24.6 Å². The van der Waals surface area contributed by atoms with Gasteiger partial charge in [-0.3, -0.25) is 9.78 Å². The Bertz CT molecular complexity index is 432. The first-order chi connectivity index (χ1) is 6.16. The van der Waals surface area contributed by atoms with Crippen LogP contribution in [0.15, 0.2) is 4.79 Å². The van der Waals surface area contributed by atoms with Crippen molar-refractivity contribution in [3.8, 4) is 0 Å². The van der Waals surface area contributed by atoms with Gasteiger partial charge in [0.1, 0.15) is 0 Å². The normalized spacial score (nSPS) is 21.2. The van der Waals surface area contributed by atoms with E-state index in [4.69, 9.17) is 12.2 Å². The molecule has 4 heteroatoms. The molecule has 0 amide bonds. The number of hydrogen-bond donors (Lipinski definition) is 2. The zero-order chi connectivity index (χ0) is 9.42. The Kier molecular flexibility index (Phi) is 2.07. The number of aromatic nitrogens is 2. The van der Waals surface area contributed by atoms with E-state index in [1.807, 2.05) is 0 Å². The number of H-pyrrole nitrogens is 2. The van der Waals surface area contributed by atoms with Gasteiger partial charge in [0.15, 0.2) is 4.77 Å². The van der Waals surface area contributed by atoms with Gasteiger partial charge in [-0.05, 0) is 37.4 Å². The molecule has 1 unspecified atom stereocenters. The summed E-state index contributed by atoms with van der Waals surface area (Å²) in [6.07, 6.45) is 2.92. The lowest BCUT2D eigenvalue weighted by Gasteiger charge is -2.19. The van der Waals surface area contributed by atoms with Crippen LogP contribution in [-0.2, 0) is 12.8 Å². The molecule has 0 fully saturated rings. The third-order valence-electron chi connectivity index (χ3n) is 2.57. The van der Waals surface area contributed by atoms with Crippen molar-refractivity contribution in [2.75, 3.05) is 0 Å². The van der Waals surface area contributed by atoms with E-state index in [-0.39, 0.29) is 5.56 Å². The van der Waals surface area contributed by atoms with Crippen molar-refractivity contribution in [3.63, 3.8) is 0 Å². The average molecular weight is 196 g/mol. The number of nitrogens with one attached hydrogen (secondary N) is 2. The van der Waals surface area contributed by atoms with Crippen LogP contribution in [0.4, 0.5) is 0 Å². The van der Waals surface area contributed by atoms with E-state index in [0.29, 0.717) is 10.7 Å².